The Morgan fingerprint density at radius 1 is 1.27 bits per heavy atom. The summed E-state index contributed by atoms with van der Waals surface area (Å²) in [5.74, 6) is 1.42. The molecule has 30 heavy (non-hydrogen) atoms. The molecule has 162 valence electrons. The molecule has 1 aromatic carbocycles. The Hall–Kier alpha value is -1.86. The highest BCUT2D eigenvalue weighted by molar-refractivity contribution is 7.13. The van der Waals surface area contributed by atoms with Gasteiger partial charge in [0.1, 0.15) is 5.76 Å². The predicted octanol–water partition coefficient (Wildman–Crippen LogP) is 4.83. The third-order valence-electron chi connectivity index (χ3n) is 5.28. The molecule has 1 N–H and O–H groups in total. The van der Waals surface area contributed by atoms with E-state index in [1.165, 1.54) is 11.1 Å². The molecule has 0 spiro atoms. The fourth-order valence-electron chi connectivity index (χ4n) is 3.62. The van der Waals surface area contributed by atoms with Crippen LogP contribution in [-0.4, -0.2) is 35.4 Å². The number of halogens is 2. The van der Waals surface area contributed by atoms with Gasteiger partial charge in [0.25, 0.3) is 0 Å². The molecule has 1 fully saturated rings. The Balaban J connectivity index is 0.00000160. The molecule has 2 aromatic heterocycles. The molecule has 0 bridgehead atoms. The van der Waals surface area contributed by atoms with Gasteiger partial charge < -0.3 is 14.6 Å². The van der Waals surface area contributed by atoms with Crippen molar-refractivity contribution in [1.82, 2.24) is 15.2 Å². The normalized spacial score (nSPS) is 15.9. The molecule has 1 aliphatic heterocycles. The zero-order valence-corrected chi connectivity index (χ0v) is 19.5. The predicted molar refractivity (Wildman–Crippen MR) is 126 cm³/mol. The number of rotatable bonds is 5. The second-order valence-electron chi connectivity index (χ2n) is 7.08. The van der Waals surface area contributed by atoms with Crippen LogP contribution >= 0.6 is 36.2 Å². The van der Waals surface area contributed by atoms with Gasteiger partial charge in [0.15, 0.2) is 0 Å². The Kier molecular flexibility index (Phi) is 8.92. The topological polar surface area (TPSA) is 58.4 Å². The first kappa shape index (κ1) is 24.4. The SMILES string of the molecule is CCc1ccc(C2CNCCN2C(=O)Cc2nc(-c3cccs3)oc2C)cc1.Cl.Cl. The maximum atomic E-state index is 13.1. The minimum absolute atomic E-state index is 0. The van der Waals surface area contributed by atoms with E-state index in [0.717, 1.165) is 35.8 Å². The third kappa shape index (κ3) is 5.24. The molecule has 3 heterocycles. The van der Waals surface area contributed by atoms with E-state index in [1.807, 2.05) is 29.3 Å². The van der Waals surface area contributed by atoms with E-state index in [4.69, 9.17) is 4.42 Å². The number of carbonyl (C=O) groups is 1. The lowest BCUT2D eigenvalue weighted by Crippen LogP contribution is -2.49. The van der Waals surface area contributed by atoms with Crippen molar-refractivity contribution in [1.29, 1.82) is 0 Å². The molecule has 3 aromatic rings. The van der Waals surface area contributed by atoms with Gasteiger partial charge in [-0.15, -0.1) is 36.2 Å². The highest BCUT2D eigenvalue weighted by atomic mass is 35.5. The van der Waals surface area contributed by atoms with Crippen molar-refractivity contribution >= 4 is 42.1 Å². The van der Waals surface area contributed by atoms with Crippen molar-refractivity contribution < 1.29 is 9.21 Å². The molecule has 5 nitrogen and oxygen atoms in total. The Labute approximate surface area is 193 Å². The van der Waals surface area contributed by atoms with Gasteiger partial charge in [-0.3, -0.25) is 4.79 Å². The van der Waals surface area contributed by atoms with Crippen LogP contribution in [0.5, 0.6) is 0 Å². The summed E-state index contributed by atoms with van der Waals surface area (Å²) in [5, 5.41) is 5.41. The van der Waals surface area contributed by atoms with Gasteiger partial charge in [-0.25, -0.2) is 4.98 Å². The van der Waals surface area contributed by atoms with Crippen LogP contribution in [0.2, 0.25) is 0 Å². The molecule has 4 rings (SSSR count). The van der Waals surface area contributed by atoms with Gasteiger partial charge in [0.2, 0.25) is 11.8 Å². The molecular weight excluding hydrogens is 441 g/mol. The number of hydrogen-bond acceptors (Lipinski definition) is 5. The zero-order valence-electron chi connectivity index (χ0n) is 17.1. The second kappa shape index (κ2) is 11.0. The van der Waals surface area contributed by atoms with E-state index in [2.05, 4.69) is 41.5 Å². The Morgan fingerprint density at radius 3 is 2.70 bits per heavy atom. The third-order valence-corrected chi connectivity index (χ3v) is 6.14. The number of carbonyl (C=O) groups excluding carboxylic acids is 1. The van der Waals surface area contributed by atoms with Crippen molar-refractivity contribution in [3.05, 3.63) is 64.4 Å². The van der Waals surface area contributed by atoms with E-state index < -0.39 is 0 Å². The fourth-order valence-corrected chi connectivity index (χ4v) is 4.27. The Bertz CT molecular complexity index is 942. The van der Waals surface area contributed by atoms with Crippen LogP contribution in [0.1, 0.15) is 35.5 Å². The minimum Gasteiger partial charge on any atom is -0.440 e. The molecule has 0 saturated carbocycles. The standard InChI is InChI=1S/C22H25N3O2S.2ClH/c1-3-16-6-8-17(9-7-16)19-14-23-10-11-25(19)21(26)13-18-15(2)27-22(24-18)20-5-4-12-28-20;;/h4-9,12,19,23H,3,10-11,13-14H2,1-2H3;2*1H. The molecule has 1 atom stereocenters. The summed E-state index contributed by atoms with van der Waals surface area (Å²) in [6, 6.07) is 12.6. The second-order valence-corrected chi connectivity index (χ2v) is 8.03. The maximum Gasteiger partial charge on any atom is 0.236 e. The lowest BCUT2D eigenvalue weighted by Gasteiger charge is -2.36. The number of nitrogens with zero attached hydrogens (tertiary/aromatic N) is 2. The highest BCUT2D eigenvalue weighted by Crippen LogP contribution is 2.28. The van der Waals surface area contributed by atoms with Gasteiger partial charge in [-0.1, -0.05) is 37.3 Å². The first-order valence-corrected chi connectivity index (χ1v) is 10.6. The number of piperazine rings is 1. The smallest absolute Gasteiger partial charge is 0.236 e. The largest absolute Gasteiger partial charge is 0.440 e. The first-order chi connectivity index (χ1) is 13.7. The van der Waals surface area contributed by atoms with Gasteiger partial charge in [-0.2, -0.15) is 0 Å². The number of amides is 1. The van der Waals surface area contributed by atoms with Crippen molar-refractivity contribution in [3.63, 3.8) is 0 Å². The summed E-state index contributed by atoms with van der Waals surface area (Å²) in [6.45, 7) is 6.32. The monoisotopic (exact) mass is 467 g/mol. The number of oxazole rings is 1. The number of hydrogen-bond donors (Lipinski definition) is 1. The van der Waals surface area contributed by atoms with Gasteiger partial charge in [0, 0.05) is 19.6 Å². The van der Waals surface area contributed by atoms with Crippen LogP contribution in [0.15, 0.2) is 46.2 Å². The Morgan fingerprint density at radius 2 is 2.03 bits per heavy atom. The van der Waals surface area contributed by atoms with Crippen LogP contribution in [0, 0.1) is 6.92 Å². The van der Waals surface area contributed by atoms with Crippen LogP contribution in [0.25, 0.3) is 10.8 Å². The minimum atomic E-state index is 0. The average Bonchev–Trinajstić information content (AvgIpc) is 3.38. The summed E-state index contributed by atoms with van der Waals surface area (Å²) in [5.41, 5.74) is 3.21. The quantitative estimate of drug-likeness (QED) is 0.583. The first-order valence-electron chi connectivity index (χ1n) is 9.75. The molecule has 1 amide bonds. The van der Waals surface area contributed by atoms with Crippen LogP contribution in [0.3, 0.4) is 0 Å². The van der Waals surface area contributed by atoms with E-state index in [9.17, 15) is 4.79 Å². The average molecular weight is 468 g/mol. The lowest BCUT2D eigenvalue weighted by molar-refractivity contribution is -0.133. The summed E-state index contributed by atoms with van der Waals surface area (Å²) >= 11 is 1.59. The van der Waals surface area contributed by atoms with E-state index in [-0.39, 0.29) is 43.2 Å². The number of benzene rings is 1. The molecule has 8 heteroatoms. The van der Waals surface area contributed by atoms with E-state index in [0.29, 0.717) is 12.4 Å². The van der Waals surface area contributed by atoms with Crippen LogP contribution in [-0.2, 0) is 17.6 Å². The number of aryl methyl sites for hydroxylation is 2. The summed E-state index contributed by atoms with van der Waals surface area (Å²) in [4.78, 5) is 20.7. The van der Waals surface area contributed by atoms with Gasteiger partial charge in [-0.05, 0) is 35.9 Å². The van der Waals surface area contributed by atoms with Crippen molar-refractivity contribution in [2.75, 3.05) is 19.6 Å². The molecular formula is C22H27Cl2N3O2S. The van der Waals surface area contributed by atoms with Crippen molar-refractivity contribution in [2.45, 2.75) is 32.7 Å². The molecule has 1 unspecified atom stereocenters. The van der Waals surface area contributed by atoms with Crippen LogP contribution < -0.4 is 5.32 Å². The maximum absolute atomic E-state index is 13.1. The van der Waals surface area contributed by atoms with E-state index >= 15 is 0 Å². The number of thiophene rings is 1. The van der Waals surface area contributed by atoms with Crippen LogP contribution in [0.4, 0.5) is 0 Å². The fraction of sp³-hybridized carbons (Fsp3) is 0.364. The molecule has 0 radical (unpaired) electrons. The van der Waals surface area contributed by atoms with Crippen molar-refractivity contribution in [3.8, 4) is 10.8 Å². The number of nitrogens with one attached hydrogen (secondary N) is 1. The molecule has 1 saturated heterocycles. The number of aromatic nitrogens is 1. The summed E-state index contributed by atoms with van der Waals surface area (Å²) in [6.07, 6.45) is 1.29. The van der Waals surface area contributed by atoms with E-state index in [1.54, 1.807) is 11.3 Å². The lowest BCUT2D eigenvalue weighted by atomic mass is 10.0. The van der Waals surface area contributed by atoms with Gasteiger partial charge >= 0.3 is 0 Å². The zero-order chi connectivity index (χ0) is 19.5. The molecule has 1 aliphatic rings. The summed E-state index contributed by atoms with van der Waals surface area (Å²) in [7, 11) is 0. The molecule has 0 aliphatic carbocycles. The van der Waals surface area contributed by atoms with Gasteiger partial charge in [0.05, 0.1) is 23.0 Å². The summed E-state index contributed by atoms with van der Waals surface area (Å²) < 4.78 is 5.80. The highest BCUT2D eigenvalue weighted by Gasteiger charge is 2.29. The van der Waals surface area contributed by atoms with Crippen molar-refractivity contribution in [2.24, 2.45) is 0 Å².